The molecule has 21 heavy (non-hydrogen) atoms. The molecule has 3 aliphatic rings. The molecule has 0 spiro atoms. The molecule has 3 nitrogen and oxygen atoms in total. The number of hydrogen-bond acceptors (Lipinski definition) is 3. The highest BCUT2D eigenvalue weighted by Crippen LogP contribution is 2.61. The summed E-state index contributed by atoms with van der Waals surface area (Å²) in [4.78, 5) is 12.4. The van der Waals surface area contributed by atoms with Crippen molar-refractivity contribution < 1.29 is 15.0 Å². The Morgan fingerprint density at radius 3 is 2.48 bits per heavy atom. The zero-order valence-electron chi connectivity index (χ0n) is 13.4. The van der Waals surface area contributed by atoms with Crippen LogP contribution in [0, 0.1) is 22.7 Å². The second-order valence-corrected chi connectivity index (χ2v) is 8.00. The van der Waals surface area contributed by atoms with E-state index in [0.29, 0.717) is 6.42 Å². The number of aliphatic hydroxyl groups is 2. The maximum atomic E-state index is 12.4. The molecular formula is C18H26O3. The Labute approximate surface area is 126 Å². The first kappa shape index (κ1) is 15.0. The zero-order chi connectivity index (χ0) is 15.6. The van der Waals surface area contributed by atoms with Gasteiger partial charge in [0.2, 0.25) is 0 Å². The van der Waals surface area contributed by atoms with E-state index in [1.54, 1.807) is 0 Å². The third-order valence-corrected chi connectivity index (χ3v) is 6.49. The van der Waals surface area contributed by atoms with Crippen molar-refractivity contribution in [3.63, 3.8) is 0 Å². The van der Waals surface area contributed by atoms with Crippen LogP contribution in [-0.4, -0.2) is 28.2 Å². The number of carbonyl (C=O) groups is 1. The van der Waals surface area contributed by atoms with Gasteiger partial charge < -0.3 is 10.2 Å². The fraction of sp³-hybridized carbons (Fsp3) is 0.722. The van der Waals surface area contributed by atoms with E-state index in [1.165, 1.54) is 0 Å². The minimum absolute atomic E-state index is 0.126. The summed E-state index contributed by atoms with van der Waals surface area (Å²) in [5.74, 6) is 0.634. The van der Waals surface area contributed by atoms with Crippen molar-refractivity contribution in [3.05, 3.63) is 23.3 Å². The van der Waals surface area contributed by atoms with Crippen molar-refractivity contribution >= 4 is 5.78 Å². The third kappa shape index (κ3) is 1.90. The van der Waals surface area contributed by atoms with Gasteiger partial charge in [0.1, 0.15) is 0 Å². The fourth-order valence-electron chi connectivity index (χ4n) is 5.22. The molecule has 0 saturated heterocycles. The van der Waals surface area contributed by atoms with Gasteiger partial charge in [-0.1, -0.05) is 32.9 Å². The van der Waals surface area contributed by atoms with Crippen LogP contribution in [0.25, 0.3) is 0 Å². The molecule has 5 atom stereocenters. The molecule has 1 saturated carbocycles. The molecule has 2 N–H and O–H groups in total. The van der Waals surface area contributed by atoms with Gasteiger partial charge in [-0.05, 0) is 60.0 Å². The SMILES string of the molecule is CC1=CC[C@@H]2C(=CC[C@@H]3C(C)(C)[C@@H](O)[C@@H](O)C[C@@]23C)C1=O. The molecule has 3 heteroatoms. The van der Waals surface area contributed by atoms with E-state index < -0.39 is 12.2 Å². The van der Waals surface area contributed by atoms with Crippen LogP contribution >= 0.6 is 0 Å². The second-order valence-electron chi connectivity index (χ2n) is 8.00. The number of aliphatic hydroxyl groups excluding tert-OH is 2. The van der Waals surface area contributed by atoms with Gasteiger partial charge in [-0.3, -0.25) is 4.79 Å². The lowest BCUT2D eigenvalue weighted by Crippen LogP contribution is -2.60. The number of allylic oxidation sites excluding steroid dienone is 4. The standard InChI is InChI=1S/C18H26O3/c1-10-5-7-12-11(15(10)20)6-8-14-17(2,3)16(21)13(19)9-18(12,14)4/h5-6,12-14,16,19,21H,7-9H2,1-4H3/t12-,13+,14-,16+,18+/m1/s1. The Morgan fingerprint density at radius 2 is 1.81 bits per heavy atom. The fourth-order valence-corrected chi connectivity index (χ4v) is 5.22. The van der Waals surface area contributed by atoms with E-state index in [9.17, 15) is 15.0 Å². The predicted molar refractivity (Wildman–Crippen MR) is 81.6 cm³/mol. The molecule has 0 aromatic carbocycles. The Morgan fingerprint density at radius 1 is 1.14 bits per heavy atom. The van der Waals surface area contributed by atoms with E-state index in [4.69, 9.17) is 0 Å². The van der Waals surface area contributed by atoms with E-state index in [-0.39, 0.29) is 28.4 Å². The molecule has 0 aromatic heterocycles. The maximum absolute atomic E-state index is 12.4. The molecule has 1 fully saturated rings. The van der Waals surface area contributed by atoms with Gasteiger partial charge in [0, 0.05) is 0 Å². The van der Waals surface area contributed by atoms with Crippen LogP contribution in [0.1, 0.15) is 47.0 Å². The molecule has 0 radical (unpaired) electrons. The van der Waals surface area contributed by atoms with Crippen LogP contribution in [0.2, 0.25) is 0 Å². The first-order chi connectivity index (χ1) is 9.69. The lowest BCUT2D eigenvalue weighted by atomic mass is 9.46. The van der Waals surface area contributed by atoms with Crippen LogP contribution in [0.3, 0.4) is 0 Å². The number of carbonyl (C=O) groups excluding carboxylic acids is 1. The highest BCUT2D eigenvalue weighted by Gasteiger charge is 2.59. The summed E-state index contributed by atoms with van der Waals surface area (Å²) in [6.07, 6.45) is 5.01. The Balaban J connectivity index is 2.07. The number of fused-ring (bicyclic) bond motifs is 3. The van der Waals surface area contributed by atoms with E-state index in [1.807, 2.05) is 26.8 Å². The molecule has 0 bridgehead atoms. The second kappa shape index (κ2) is 4.53. The lowest BCUT2D eigenvalue weighted by molar-refractivity contribution is -0.174. The van der Waals surface area contributed by atoms with Crippen LogP contribution < -0.4 is 0 Å². The normalized spacial score (nSPS) is 45.3. The number of ketones is 1. The van der Waals surface area contributed by atoms with Crippen LogP contribution in [0.15, 0.2) is 23.3 Å². The summed E-state index contributed by atoms with van der Waals surface area (Å²) >= 11 is 0. The topological polar surface area (TPSA) is 57.5 Å². The van der Waals surface area contributed by atoms with Crippen molar-refractivity contribution in [3.8, 4) is 0 Å². The predicted octanol–water partition coefficient (Wildman–Crippen LogP) is 2.63. The van der Waals surface area contributed by atoms with Crippen molar-refractivity contribution in [1.29, 1.82) is 0 Å². The summed E-state index contributed by atoms with van der Waals surface area (Å²) < 4.78 is 0. The van der Waals surface area contributed by atoms with Gasteiger partial charge in [-0.15, -0.1) is 0 Å². The number of rotatable bonds is 0. The van der Waals surface area contributed by atoms with Gasteiger partial charge in [0.05, 0.1) is 12.2 Å². The van der Waals surface area contributed by atoms with Crippen molar-refractivity contribution in [2.24, 2.45) is 22.7 Å². The molecule has 0 aromatic rings. The molecule has 116 valence electrons. The van der Waals surface area contributed by atoms with Crippen LogP contribution in [0.5, 0.6) is 0 Å². The van der Waals surface area contributed by atoms with Crippen molar-refractivity contribution in [1.82, 2.24) is 0 Å². The number of Topliss-reactive ketones (excluding diaryl/α,β-unsaturated/α-hetero) is 1. The zero-order valence-corrected chi connectivity index (χ0v) is 13.4. The molecular weight excluding hydrogens is 264 g/mol. The highest BCUT2D eigenvalue weighted by molar-refractivity contribution is 6.09. The number of hydrogen-bond donors (Lipinski definition) is 2. The van der Waals surface area contributed by atoms with E-state index in [2.05, 4.69) is 13.0 Å². The van der Waals surface area contributed by atoms with Crippen LogP contribution in [0.4, 0.5) is 0 Å². The minimum Gasteiger partial charge on any atom is -0.390 e. The quantitative estimate of drug-likeness (QED) is 0.721. The lowest BCUT2D eigenvalue weighted by Gasteiger charge is -2.60. The van der Waals surface area contributed by atoms with Crippen molar-refractivity contribution in [2.75, 3.05) is 0 Å². The van der Waals surface area contributed by atoms with Gasteiger partial charge >= 0.3 is 0 Å². The molecule has 3 rings (SSSR count). The van der Waals surface area contributed by atoms with E-state index >= 15 is 0 Å². The Hall–Kier alpha value is -0.930. The third-order valence-electron chi connectivity index (χ3n) is 6.49. The minimum atomic E-state index is -0.706. The maximum Gasteiger partial charge on any atom is 0.184 e. The first-order valence-electron chi connectivity index (χ1n) is 7.97. The monoisotopic (exact) mass is 290 g/mol. The first-order valence-corrected chi connectivity index (χ1v) is 7.97. The Kier molecular flexibility index (Phi) is 3.23. The summed E-state index contributed by atoms with van der Waals surface area (Å²) in [5.41, 5.74) is 1.32. The van der Waals surface area contributed by atoms with Crippen molar-refractivity contribution in [2.45, 2.75) is 59.2 Å². The molecule has 0 aliphatic heterocycles. The smallest absolute Gasteiger partial charge is 0.184 e. The average molecular weight is 290 g/mol. The highest BCUT2D eigenvalue weighted by atomic mass is 16.3. The van der Waals surface area contributed by atoms with Gasteiger partial charge in [-0.2, -0.15) is 0 Å². The average Bonchev–Trinajstić information content (AvgIpc) is 2.40. The molecule has 0 amide bonds. The largest absolute Gasteiger partial charge is 0.390 e. The molecule has 0 unspecified atom stereocenters. The summed E-state index contributed by atoms with van der Waals surface area (Å²) in [5, 5.41) is 20.8. The summed E-state index contributed by atoms with van der Waals surface area (Å²) in [6, 6.07) is 0. The van der Waals surface area contributed by atoms with E-state index in [0.717, 1.165) is 24.0 Å². The Bertz CT molecular complexity index is 543. The van der Waals surface area contributed by atoms with Crippen LogP contribution in [-0.2, 0) is 4.79 Å². The summed E-state index contributed by atoms with van der Waals surface area (Å²) in [6.45, 7) is 8.19. The van der Waals surface area contributed by atoms with Gasteiger partial charge in [0.25, 0.3) is 0 Å². The summed E-state index contributed by atoms with van der Waals surface area (Å²) in [7, 11) is 0. The van der Waals surface area contributed by atoms with Gasteiger partial charge in [-0.25, -0.2) is 0 Å². The molecule has 0 heterocycles. The van der Waals surface area contributed by atoms with Gasteiger partial charge in [0.15, 0.2) is 5.78 Å². The molecule has 3 aliphatic carbocycles.